The van der Waals surface area contributed by atoms with E-state index in [1.54, 1.807) is 0 Å². The summed E-state index contributed by atoms with van der Waals surface area (Å²) in [4.78, 5) is 15.6. The summed E-state index contributed by atoms with van der Waals surface area (Å²) in [5.74, 6) is 1.03. The van der Waals surface area contributed by atoms with Crippen LogP contribution in [0.15, 0.2) is 0 Å². The zero-order valence-corrected chi connectivity index (χ0v) is 15.6. The number of carbonyl (C=O) groups excluding carboxylic acids is 1. The van der Waals surface area contributed by atoms with Gasteiger partial charge in [0.1, 0.15) is 0 Å². The van der Waals surface area contributed by atoms with Crippen molar-refractivity contribution in [2.24, 2.45) is 23.0 Å². The van der Waals surface area contributed by atoms with E-state index in [2.05, 4.69) is 41.5 Å². The number of hydrogen-bond donors (Lipinski definition) is 1. The number of nitrogens with two attached hydrogens (primary N) is 1. The molecule has 0 heterocycles. The van der Waals surface area contributed by atoms with Gasteiger partial charge in [0.05, 0.1) is 10.4 Å². The lowest BCUT2D eigenvalue weighted by Gasteiger charge is -2.38. The van der Waals surface area contributed by atoms with Crippen LogP contribution >= 0.6 is 12.2 Å². The van der Waals surface area contributed by atoms with Crippen molar-refractivity contribution in [3.63, 3.8) is 0 Å². The van der Waals surface area contributed by atoms with E-state index in [0.717, 1.165) is 38.8 Å². The zero-order valence-electron chi connectivity index (χ0n) is 14.7. The molecular weight excluding hydrogens is 280 g/mol. The highest BCUT2D eigenvalue weighted by molar-refractivity contribution is 7.80. The number of hydrogen-bond acceptors (Lipinski definition) is 2. The normalized spacial score (nSPS) is 12.0. The largest absolute Gasteiger partial charge is 0.392 e. The van der Waals surface area contributed by atoms with Crippen molar-refractivity contribution in [3.8, 4) is 0 Å². The molecule has 0 radical (unpaired) electrons. The van der Waals surface area contributed by atoms with E-state index in [9.17, 15) is 4.79 Å². The molecular formula is C17H34N2OS. The summed E-state index contributed by atoms with van der Waals surface area (Å²) in [5.41, 5.74) is 5.38. The molecule has 0 aliphatic heterocycles. The average molecular weight is 315 g/mol. The Labute approximate surface area is 136 Å². The summed E-state index contributed by atoms with van der Waals surface area (Å²) in [6.07, 6.45) is 3.34. The molecule has 0 aliphatic carbocycles. The predicted molar refractivity (Wildman–Crippen MR) is 95.3 cm³/mol. The lowest BCUT2D eigenvalue weighted by molar-refractivity contribution is -0.140. The summed E-state index contributed by atoms with van der Waals surface area (Å²) in [6.45, 7) is 14.3. The van der Waals surface area contributed by atoms with Gasteiger partial charge in [-0.05, 0) is 24.7 Å². The second kappa shape index (κ2) is 9.39. The fourth-order valence-electron chi connectivity index (χ4n) is 2.97. The van der Waals surface area contributed by atoms with Gasteiger partial charge in [-0.1, -0.05) is 66.6 Å². The molecule has 124 valence electrons. The molecule has 21 heavy (non-hydrogen) atoms. The minimum atomic E-state index is -0.650. The van der Waals surface area contributed by atoms with Gasteiger partial charge in [-0.3, -0.25) is 4.79 Å². The van der Waals surface area contributed by atoms with Crippen LogP contribution in [0.2, 0.25) is 0 Å². The Morgan fingerprint density at radius 3 is 1.67 bits per heavy atom. The standard InChI is InChI=1S/C17H34N2OS/c1-7-9-17(10-8-2,15(18)21)16(20)19(11-13(3)4)12-14(5)6/h13-14H,7-12H2,1-6H3,(H2,18,21). The van der Waals surface area contributed by atoms with E-state index in [4.69, 9.17) is 18.0 Å². The molecule has 0 spiro atoms. The van der Waals surface area contributed by atoms with Crippen LogP contribution in [0.5, 0.6) is 0 Å². The topological polar surface area (TPSA) is 46.3 Å². The predicted octanol–water partition coefficient (Wildman–Crippen LogP) is 4.00. The van der Waals surface area contributed by atoms with Crippen LogP contribution in [-0.4, -0.2) is 28.9 Å². The third-order valence-corrected chi connectivity index (χ3v) is 4.08. The molecule has 3 nitrogen and oxygen atoms in total. The molecule has 1 amide bonds. The van der Waals surface area contributed by atoms with Gasteiger partial charge in [-0.15, -0.1) is 0 Å². The molecule has 4 heteroatoms. The van der Waals surface area contributed by atoms with E-state index in [1.165, 1.54) is 0 Å². The lowest BCUT2D eigenvalue weighted by Crippen LogP contribution is -2.52. The first-order valence-corrected chi connectivity index (χ1v) is 8.71. The van der Waals surface area contributed by atoms with Gasteiger partial charge in [0.25, 0.3) is 0 Å². The maximum atomic E-state index is 13.2. The Morgan fingerprint density at radius 1 is 1.05 bits per heavy atom. The van der Waals surface area contributed by atoms with E-state index >= 15 is 0 Å². The van der Waals surface area contributed by atoms with Gasteiger partial charge >= 0.3 is 0 Å². The van der Waals surface area contributed by atoms with Crippen molar-refractivity contribution in [1.82, 2.24) is 4.90 Å². The Hall–Kier alpha value is -0.640. The van der Waals surface area contributed by atoms with E-state index in [-0.39, 0.29) is 5.91 Å². The van der Waals surface area contributed by atoms with Gasteiger partial charge in [0, 0.05) is 13.1 Å². The van der Waals surface area contributed by atoms with Crippen LogP contribution in [-0.2, 0) is 4.79 Å². The summed E-state index contributed by atoms with van der Waals surface area (Å²) < 4.78 is 0. The van der Waals surface area contributed by atoms with Crippen LogP contribution in [0.1, 0.15) is 67.2 Å². The fraction of sp³-hybridized carbons (Fsp3) is 0.882. The fourth-order valence-corrected chi connectivity index (χ4v) is 3.26. The lowest BCUT2D eigenvalue weighted by atomic mass is 9.77. The van der Waals surface area contributed by atoms with Gasteiger partial charge in [0.2, 0.25) is 5.91 Å². The van der Waals surface area contributed by atoms with Crippen LogP contribution in [0.25, 0.3) is 0 Å². The summed E-state index contributed by atoms with van der Waals surface area (Å²) in [6, 6.07) is 0. The molecule has 0 aromatic rings. The maximum absolute atomic E-state index is 13.2. The van der Waals surface area contributed by atoms with Crippen molar-refractivity contribution >= 4 is 23.1 Å². The quantitative estimate of drug-likeness (QED) is 0.620. The number of amides is 1. The molecule has 0 saturated carbocycles. The SMILES string of the molecule is CCCC(CCC)(C(=O)N(CC(C)C)CC(C)C)C(N)=S. The summed E-state index contributed by atoms with van der Waals surface area (Å²) in [5, 5.41) is 0. The van der Waals surface area contributed by atoms with Crippen LogP contribution in [0.4, 0.5) is 0 Å². The zero-order chi connectivity index (χ0) is 16.6. The summed E-state index contributed by atoms with van der Waals surface area (Å²) in [7, 11) is 0. The van der Waals surface area contributed by atoms with Crippen LogP contribution in [0, 0.1) is 17.3 Å². The molecule has 0 aromatic carbocycles. The van der Waals surface area contributed by atoms with Crippen molar-refractivity contribution in [2.75, 3.05) is 13.1 Å². The molecule has 2 N–H and O–H groups in total. The molecule has 0 atom stereocenters. The highest BCUT2D eigenvalue weighted by Crippen LogP contribution is 2.33. The van der Waals surface area contributed by atoms with E-state index in [1.807, 2.05) is 4.90 Å². The number of carbonyl (C=O) groups is 1. The monoisotopic (exact) mass is 314 g/mol. The van der Waals surface area contributed by atoms with Gasteiger partial charge in [0.15, 0.2) is 0 Å². The van der Waals surface area contributed by atoms with E-state index < -0.39 is 5.41 Å². The number of rotatable bonds is 10. The van der Waals surface area contributed by atoms with E-state index in [0.29, 0.717) is 16.8 Å². The second-order valence-electron chi connectivity index (χ2n) is 6.94. The molecule has 0 fully saturated rings. The maximum Gasteiger partial charge on any atom is 0.235 e. The number of nitrogens with zero attached hydrogens (tertiary/aromatic N) is 1. The van der Waals surface area contributed by atoms with Crippen molar-refractivity contribution < 1.29 is 4.79 Å². The molecule has 0 aliphatic rings. The first-order valence-electron chi connectivity index (χ1n) is 8.30. The number of thiocarbonyl (C=S) groups is 1. The average Bonchev–Trinajstić information content (AvgIpc) is 2.35. The Balaban J connectivity index is 5.49. The smallest absolute Gasteiger partial charge is 0.235 e. The van der Waals surface area contributed by atoms with Gasteiger partial charge < -0.3 is 10.6 Å². The molecule has 0 unspecified atom stereocenters. The van der Waals surface area contributed by atoms with Crippen molar-refractivity contribution in [3.05, 3.63) is 0 Å². The highest BCUT2D eigenvalue weighted by atomic mass is 32.1. The third kappa shape index (κ3) is 5.93. The minimum absolute atomic E-state index is 0.140. The Bertz CT molecular complexity index is 324. The van der Waals surface area contributed by atoms with Crippen molar-refractivity contribution in [2.45, 2.75) is 67.2 Å². The highest BCUT2D eigenvalue weighted by Gasteiger charge is 2.42. The van der Waals surface area contributed by atoms with Gasteiger partial charge in [-0.25, -0.2) is 0 Å². The molecule has 0 aromatic heterocycles. The van der Waals surface area contributed by atoms with Crippen LogP contribution < -0.4 is 5.73 Å². The molecule has 0 rings (SSSR count). The Kier molecular flexibility index (Phi) is 9.11. The van der Waals surface area contributed by atoms with Gasteiger partial charge in [-0.2, -0.15) is 0 Å². The summed E-state index contributed by atoms with van der Waals surface area (Å²) >= 11 is 5.31. The molecule has 0 saturated heterocycles. The third-order valence-electron chi connectivity index (χ3n) is 3.69. The second-order valence-corrected chi connectivity index (χ2v) is 7.38. The molecule has 0 bridgehead atoms. The van der Waals surface area contributed by atoms with Crippen LogP contribution in [0.3, 0.4) is 0 Å². The van der Waals surface area contributed by atoms with Crippen molar-refractivity contribution in [1.29, 1.82) is 0 Å². The first kappa shape index (κ1) is 20.4. The Morgan fingerprint density at radius 2 is 1.43 bits per heavy atom. The minimum Gasteiger partial charge on any atom is -0.392 e. The first-order chi connectivity index (χ1) is 9.71.